The fourth-order valence-corrected chi connectivity index (χ4v) is 3.39. The summed E-state index contributed by atoms with van der Waals surface area (Å²) >= 11 is 1.16. The maximum atomic E-state index is 12.7. The molecule has 0 radical (unpaired) electrons. The molecule has 0 aromatic heterocycles. The number of carboxylic acids is 1. The zero-order valence-electron chi connectivity index (χ0n) is 15.9. The molecule has 27 heavy (non-hydrogen) atoms. The number of amides is 1. The summed E-state index contributed by atoms with van der Waals surface area (Å²) in [6.07, 6.45) is 0.107. The molecule has 2 aromatic rings. The number of carbonyl (C=O) groups excluding carboxylic acids is 1. The second kappa shape index (κ2) is 9.46. The van der Waals surface area contributed by atoms with Crippen LogP contribution in [0.2, 0.25) is 0 Å². The van der Waals surface area contributed by atoms with Crippen molar-refractivity contribution in [3.05, 3.63) is 59.7 Å². The Kier molecular flexibility index (Phi) is 7.30. The van der Waals surface area contributed by atoms with E-state index in [1.807, 2.05) is 45.0 Å². The molecule has 0 aliphatic heterocycles. The summed E-state index contributed by atoms with van der Waals surface area (Å²) < 4.78 is 5.63. The SMILES string of the molecule is CC(C)Oc1ccc(C(C)NC(=O)c2ccccc2SC(C)C(=O)O)cc1. The molecular weight excluding hydrogens is 362 g/mol. The summed E-state index contributed by atoms with van der Waals surface area (Å²) in [5, 5.41) is 11.5. The van der Waals surface area contributed by atoms with E-state index in [2.05, 4.69) is 5.32 Å². The smallest absolute Gasteiger partial charge is 0.316 e. The van der Waals surface area contributed by atoms with Gasteiger partial charge in [0.05, 0.1) is 17.7 Å². The van der Waals surface area contributed by atoms with Gasteiger partial charge in [-0.15, -0.1) is 11.8 Å². The van der Waals surface area contributed by atoms with Crippen LogP contribution >= 0.6 is 11.8 Å². The van der Waals surface area contributed by atoms with Crippen LogP contribution in [0.15, 0.2) is 53.4 Å². The molecule has 6 heteroatoms. The maximum absolute atomic E-state index is 12.7. The molecule has 2 aromatic carbocycles. The molecule has 2 N–H and O–H groups in total. The lowest BCUT2D eigenvalue weighted by Gasteiger charge is -2.17. The van der Waals surface area contributed by atoms with Crippen LogP contribution in [0.4, 0.5) is 0 Å². The Bertz CT molecular complexity index is 789. The number of hydrogen-bond donors (Lipinski definition) is 2. The van der Waals surface area contributed by atoms with Gasteiger partial charge < -0.3 is 15.2 Å². The first-order valence-electron chi connectivity index (χ1n) is 8.84. The third-order valence-corrected chi connectivity index (χ3v) is 5.05. The van der Waals surface area contributed by atoms with Gasteiger partial charge in [-0.05, 0) is 57.5 Å². The van der Waals surface area contributed by atoms with Gasteiger partial charge in [-0.25, -0.2) is 0 Å². The van der Waals surface area contributed by atoms with Gasteiger partial charge in [-0.2, -0.15) is 0 Å². The second-order valence-electron chi connectivity index (χ2n) is 6.53. The number of rotatable bonds is 8. The van der Waals surface area contributed by atoms with E-state index >= 15 is 0 Å². The zero-order chi connectivity index (χ0) is 20.0. The fraction of sp³-hybridized carbons (Fsp3) is 0.333. The van der Waals surface area contributed by atoms with Crippen molar-refractivity contribution in [3.8, 4) is 5.75 Å². The molecule has 0 aliphatic rings. The Balaban J connectivity index is 2.09. The summed E-state index contributed by atoms with van der Waals surface area (Å²) in [6, 6.07) is 14.5. The first kappa shape index (κ1) is 20.8. The van der Waals surface area contributed by atoms with E-state index in [4.69, 9.17) is 9.84 Å². The van der Waals surface area contributed by atoms with Crippen LogP contribution in [-0.4, -0.2) is 28.3 Å². The lowest BCUT2D eigenvalue weighted by molar-refractivity contribution is -0.136. The van der Waals surface area contributed by atoms with Crippen molar-refractivity contribution >= 4 is 23.6 Å². The molecule has 0 bridgehead atoms. The van der Waals surface area contributed by atoms with E-state index in [0.717, 1.165) is 23.1 Å². The number of carbonyl (C=O) groups is 2. The third kappa shape index (κ3) is 6.03. The molecule has 0 saturated carbocycles. The Morgan fingerprint density at radius 1 is 1.00 bits per heavy atom. The predicted molar refractivity (Wildman–Crippen MR) is 107 cm³/mol. The lowest BCUT2D eigenvalue weighted by Crippen LogP contribution is -2.27. The highest BCUT2D eigenvalue weighted by atomic mass is 32.2. The van der Waals surface area contributed by atoms with Crippen LogP contribution < -0.4 is 10.1 Å². The van der Waals surface area contributed by atoms with Crippen LogP contribution in [-0.2, 0) is 4.79 Å². The molecule has 0 aliphatic carbocycles. The number of aliphatic carboxylic acids is 1. The Morgan fingerprint density at radius 3 is 2.22 bits per heavy atom. The summed E-state index contributed by atoms with van der Waals surface area (Å²) in [7, 11) is 0. The van der Waals surface area contributed by atoms with Crippen molar-refractivity contribution in [1.82, 2.24) is 5.32 Å². The average Bonchev–Trinajstić information content (AvgIpc) is 2.62. The largest absolute Gasteiger partial charge is 0.491 e. The molecule has 5 nitrogen and oxygen atoms in total. The number of carboxylic acid groups (broad SMARTS) is 1. The summed E-state index contributed by atoms with van der Waals surface area (Å²) in [5.74, 6) is -0.352. The Hall–Kier alpha value is -2.47. The van der Waals surface area contributed by atoms with Gasteiger partial charge in [-0.3, -0.25) is 9.59 Å². The Morgan fingerprint density at radius 2 is 1.63 bits per heavy atom. The van der Waals surface area contributed by atoms with Gasteiger partial charge in [0.2, 0.25) is 0 Å². The minimum absolute atomic E-state index is 0.107. The van der Waals surface area contributed by atoms with E-state index in [9.17, 15) is 9.59 Å². The first-order valence-corrected chi connectivity index (χ1v) is 9.72. The number of benzene rings is 2. The standard InChI is InChI=1S/C21H25NO4S/c1-13(2)26-17-11-9-16(10-12-17)14(3)22-20(23)18-7-5-6-8-19(18)27-15(4)21(24)25/h5-15H,1-4H3,(H,22,23)(H,24,25). The topological polar surface area (TPSA) is 75.6 Å². The van der Waals surface area contributed by atoms with Crippen LogP contribution in [0.25, 0.3) is 0 Å². The number of ether oxygens (including phenoxy) is 1. The first-order chi connectivity index (χ1) is 12.8. The van der Waals surface area contributed by atoms with Crippen LogP contribution in [0.3, 0.4) is 0 Å². The van der Waals surface area contributed by atoms with E-state index in [-0.39, 0.29) is 18.1 Å². The zero-order valence-corrected chi connectivity index (χ0v) is 16.7. The van der Waals surface area contributed by atoms with Gasteiger partial charge in [0.1, 0.15) is 11.0 Å². The van der Waals surface area contributed by atoms with E-state index < -0.39 is 11.2 Å². The number of thioether (sulfide) groups is 1. The van der Waals surface area contributed by atoms with Crippen LogP contribution in [0, 0.1) is 0 Å². The molecule has 2 atom stereocenters. The highest BCUT2D eigenvalue weighted by Gasteiger charge is 2.19. The summed E-state index contributed by atoms with van der Waals surface area (Å²) in [5.41, 5.74) is 1.44. The van der Waals surface area contributed by atoms with Crippen LogP contribution in [0.5, 0.6) is 5.75 Å². The minimum Gasteiger partial charge on any atom is -0.491 e. The normalized spacial score (nSPS) is 13.1. The summed E-state index contributed by atoms with van der Waals surface area (Å²) in [6.45, 7) is 7.45. The lowest BCUT2D eigenvalue weighted by atomic mass is 10.1. The number of nitrogens with one attached hydrogen (secondary N) is 1. The van der Waals surface area contributed by atoms with Gasteiger partial charge in [0, 0.05) is 4.90 Å². The van der Waals surface area contributed by atoms with Gasteiger partial charge >= 0.3 is 5.97 Å². The predicted octanol–water partition coefficient (Wildman–Crippen LogP) is 4.53. The molecule has 0 fully saturated rings. The van der Waals surface area contributed by atoms with Crippen molar-refractivity contribution in [2.24, 2.45) is 0 Å². The number of hydrogen-bond acceptors (Lipinski definition) is 4. The van der Waals surface area contributed by atoms with E-state index in [1.165, 1.54) is 0 Å². The average molecular weight is 388 g/mol. The Labute approximate surface area is 164 Å². The van der Waals surface area contributed by atoms with Gasteiger partial charge in [0.25, 0.3) is 5.91 Å². The van der Waals surface area contributed by atoms with E-state index in [1.54, 1.807) is 31.2 Å². The van der Waals surface area contributed by atoms with Crippen molar-refractivity contribution in [2.45, 2.75) is 50.0 Å². The van der Waals surface area contributed by atoms with Crippen molar-refractivity contribution < 1.29 is 19.4 Å². The van der Waals surface area contributed by atoms with Gasteiger partial charge in [0.15, 0.2) is 0 Å². The molecule has 1 amide bonds. The molecule has 0 saturated heterocycles. The fourth-order valence-electron chi connectivity index (χ4n) is 2.46. The monoisotopic (exact) mass is 387 g/mol. The summed E-state index contributed by atoms with van der Waals surface area (Å²) in [4.78, 5) is 24.5. The highest BCUT2D eigenvalue weighted by Crippen LogP contribution is 2.27. The van der Waals surface area contributed by atoms with E-state index in [0.29, 0.717) is 10.5 Å². The second-order valence-corrected chi connectivity index (χ2v) is 7.91. The molecule has 0 heterocycles. The van der Waals surface area contributed by atoms with Gasteiger partial charge in [-0.1, -0.05) is 24.3 Å². The molecule has 144 valence electrons. The quantitative estimate of drug-likeness (QED) is 0.651. The minimum atomic E-state index is -0.910. The third-order valence-electron chi connectivity index (χ3n) is 3.88. The van der Waals surface area contributed by atoms with Crippen LogP contribution in [0.1, 0.15) is 49.7 Å². The highest BCUT2D eigenvalue weighted by molar-refractivity contribution is 8.00. The van der Waals surface area contributed by atoms with Crippen molar-refractivity contribution in [1.29, 1.82) is 0 Å². The van der Waals surface area contributed by atoms with Crippen molar-refractivity contribution in [3.63, 3.8) is 0 Å². The maximum Gasteiger partial charge on any atom is 0.316 e. The van der Waals surface area contributed by atoms with Crippen molar-refractivity contribution in [2.75, 3.05) is 0 Å². The molecule has 0 spiro atoms. The molecular formula is C21H25NO4S. The molecule has 2 unspecified atom stereocenters. The molecule has 2 rings (SSSR count).